The summed E-state index contributed by atoms with van der Waals surface area (Å²) in [5.41, 5.74) is 0.373. The molecule has 2 rings (SSSR count). The summed E-state index contributed by atoms with van der Waals surface area (Å²) in [7, 11) is 0. The Balaban J connectivity index is 1.88. The molecule has 0 saturated heterocycles. The Hall–Kier alpha value is -1.65. The van der Waals surface area contributed by atoms with Gasteiger partial charge in [0, 0.05) is 12.6 Å². The first kappa shape index (κ1) is 13.8. The van der Waals surface area contributed by atoms with Gasteiger partial charge < -0.3 is 10.6 Å². The normalized spacial score (nSPS) is 15.7. The van der Waals surface area contributed by atoms with Crippen LogP contribution >= 0.6 is 0 Å². The van der Waals surface area contributed by atoms with Crippen molar-refractivity contribution in [2.75, 3.05) is 11.9 Å². The Bertz CT molecular complexity index is 410. The molecule has 0 atom stereocenters. The first-order valence-electron chi connectivity index (χ1n) is 7.03. The van der Waals surface area contributed by atoms with Crippen LogP contribution in [0, 0.1) is 5.92 Å². The number of rotatable bonds is 5. The van der Waals surface area contributed by atoms with Gasteiger partial charge in [-0.1, -0.05) is 26.7 Å². The Morgan fingerprint density at radius 3 is 2.63 bits per heavy atom. The summed E-state index contributed by atoms with van der Waals surface area (Å²) < 4.78 is 0. The van der Waals surface area contributed by atoms with Crippen LogP contribution in [0.1, 0.15) is 50.0 Å². The van der Waals surface area contributed by atoms with Gasteiger partial charge >= 0.3 is 0 Å². The largest absolute Gasteiger partial charge is 0.366 e. The van der Waals surface area contributed by atoms with E-state index in [0.717, 1.165) is 5.82 Å². The molecule has 0 aromatic carbocycles. The van der Waals surface area contributed by atoms with Gasteiger partial charge in [-0.2, -0.15) is 0 Å². The number of nitrogens with zero attached hydrogens (tertiary/aromatic N) is 2. The summed E-state index contributed by atoms with van der Waals surface area (Å²) in [4.78, 5) is 11.8. The third-order valence-electron chi connectivity index (χ3n) is 3.28. The van der Waals surface area contributed by atoms with Crippen molar-refractivity contribution in [3.63, 3.8) is 0 Å². The molecule has 2 N–H and O–H groups in total. The number of aromatic nitrogens is 2. The topological polar surface area (TPSA) is 66.9 Å². The fourth-order valence-electron chi connectivity index (χ4n) is 2.20. The summed E-state index contributed by atoms with van der Waals surface area (Å²) in [6.45, 7) is 4.77. The maximum absolute atomic E-state index is 11.8. The maximum atomic E-state index is 11.8. The van der Waals surface area contributed by atoms with Gasteiger partial charge in [-0.3, -0.25) is 4.79 Å². The minimum atomic E-state index is -0.159. The number of carbonyl (C=O) groups is 1. The summed E-state index contributed by atoms with van der Waals surface area (Å²) in [6.07, 6.45) is 4.94. The molecule has 5 heteroatoms. The van der Waals surface area contributed by atoms with Gasteiger partial charge in [0.2, 0.25) is 0 Å². The molecule has 1 amide bonds. The lowest BCUT2D eigenvalue weighted by Gasteiger charge is -2.12. The zero-order valence-corrected chi connectivity index (χ0v) is 11.6. The number of hydrogen-bond donors (Lipinski definition) is 2. The van der Waals surface area contributed by atoms with E-state index in [1.54, 1.807) is 6.07 Å². The molecule has 1 aliphatic rings. The number of nitrogens with one attached hydrogen (secondary N) is 2. The molecule has 0 spiro atoms. The predicted molar refractivity (Wildman–Crippen MR) is 75.1 cm³/mol. The minimum Gasteiger partial charge on any atom is -0.366 e. The highest BCUT2D eigenvalue weighted by atomic mass is 16.1. The molecule has 104 valence electrons. The molecule has 0 bridgehead atoms. The van der Waals surface area contributed by atoms with Crippen molar-refractivity contribution in [1.29, 1.82) is 0 Å². The highest BCUT2D eigenvalue weighted by Crippen LogP contribution is 2.20. The van der Waals surface area contributed by atoms with Crippen LogP contribution in [0.3, 0.4) is 0 Å². The average molecular weight is 262 g/mol. The molecule has 1 heterocycles. The zero-order valence-electron chi connectivity index (χ0n) is 11.6. The van der Waals surface area contributed by atoms with Crippen LogP contribution in [-0.4, -0.2) is 28.7 Å². The van der Waals surface area contributed by atoms with Crippen molar-refractivity contribution >= 4 is 11.7 Å². The lowest BCUT2D eigenvalue weighted by Crippen LogP contribution is -2.28. The van der Waals surface area contributed by atoms with E-state index in [1.807, 2.05) is 6.07 Å². The lowest BCUT2D eigenvalue weighted by atomic mass is 10.2. The van der Waals surface area contributed by atoms with Gasteiger partial charge in [0.05, 0.1) is 0 Å². The molecule has 1 fully saturated rings. The quantitative estimate of drug-likeness (QED) is 0.854. The molecule has 5 nitrogen and oxygen atoms in total. The van der Waals surface area contributed by atoms with E-state index >= 15 is 0 Å². The lowest BCUT2D eigenvalue weighted by molar-refractivity contribution is 0.0943. The van der Waals surface area contributed by atoms with Gasteiger partial charge in [-0.05, 0) is 30.9 Å². The maximum Gasteiger partial charge on any atom is 0.271 e. The van der Waals surface area contributed by atoms with Crippen LogP contribution in [0.15, 0.2) is 12.1 Å². The summed E-state index contributed by atoms with van der Waals surface area (Å²) in [6, 6.07) is 4.06. The summed E-state index contributed by atoms with van der Waals surface area (Å²) in [5.74, 6) is 1.03. The second-order valence-electron chi connectivity index (χ2n) is 5.53. The molecule has 1 aromatic rings. The zero-order chi connectivity index (χ0) is 13.7. The highest BCUT2D eigenvalue weighted by molar-refractivity contribution is 5.92. The Morgan fingerprint density at radius 1 is 1.32 bits per heavy atom. The number of hydrogen-bond acceptors (Lipinski definition) is 4. The SMILES string of the molecule is CC(C)CNC(=O)c1ccc(NC2CCCC2)nn1. The summed E-state index contributed by atoms with van der Waals surface area (Å²) in [5, 5.41) is 14.2. The predicted octanol–water partition coefficient (Wildman–Crippen LogP) is 2.22. The molecule has 1 aliphatic carbocycles. The number of carbonyl (C=O) groups excluding carboxylic acids is 1. The first-order chi connectivity index (χ1) is 9.15. The van der Waals surface area contributed by atoms with Crippen LogP contribution in [0.2, 0.25) is 0 Å². The van der Waals surface area contributed by atoms with Crippen molar-refractivity contribution < 1.29 is 4.79 Å². The minimum absolute atomic E-state index is 0.159. The third kappa shape index (κ3) is 4.19. The standard InChI is InChI=1S/C14H22N4O/c1-10(2)9-15-14(19)12-7-8-13(18-17-12)16-11-5-3-4-6-11/h7-8,10-11H,3-6,9H2,1-2H3,(H,15,19)(H,16,18). The average Bonchev–Trinajstić information content (AvgIpc) is 2.89. The Morgan fingerprint density at radius 2 is 2.05 bits per heavy atom. The van der Waals surface area contributed by atoms with Gasteiger partial charge in [0.15, 0.2) is 5.69 Å². The second kappa shape index (κ2) is 6.50. The Kier molecular flexibility index (Phi) is 4.71. The molecule has 0 unspecified atom stereocenters. The van der Waals surface area contributed by atoms with Crippen LogP contribution in [-0.2, 0) is 0 Å². The van der Waals surface area contributed by atoms with Gasteiger partial charge in [-0.15, -0.1) is 10.2 Å². The van der Waals surface area contributed by atoms with E-state index in [-0.39, 0.29) is 5.91 Å². The molecule has 1 saturated carbocycles. The van der Waals surface area contributed by atoms with Crippen molar-refractivity contribution in [3.8, 4) is 0 Å². The van der Waals surface area contributed by atoms with Crippen molar-refractivity contribution in [2.24, 2.45) is 5.92 Å². The van der Waals surface area contributed by atoms with Crippen molar-refractivity contribution in [2.45, 2.75) is 45.6 Å². The Labute approximate surface area is 114 Å². The van der Waals surface area contributed by atoms with Crippen LogP contribution in [0.5, 0.6) is 0 Å². The molecule has 1 aromatic heterocycles. The molecule has 19 heavy (non-hydrogen) atoms. The third-order valence-corrected chi connectivity index (χ3v) is 3.28. The fourth-order valence-corrected chi connectivity index (χ4v) is 2.20. The number of amides is 1. The van der Waals surface area contributed by atoms with E-state index < -0.39 is 0 Å². The van der Waals surface area contributed by atoms with Gasteiger partial charge in [-0.25, -0.2) is 0 Å². The van der Waals surface area contributed by atoms with Crippen molar-refractivity contribution in [1.82, 2.24) is 15.5 Å². The second-order valence-corrected chi connectivity index (χ2v) is 5.53. The molecule has 0 radical (unpaired) electrons. The van der Waals surface area contributed by atoms with Gasteiger partial charge in [0.25, 0.3) is 5.91 Å². The van der Waals surface area contributed by atoms with E-state index in [4.69, 9.17) is 0 Å². The van der Waals surface area contributed by atoms with Gasteiger partial charge in [0.1, 0.15) is 5.82 Å². The number of anilines is 1. The van der Waals surface area contributed by atoms with E-state index in [2.05, 4.69) is 34.7 Å². The molecule has 0 aliphatic heterocycles. The van der Waals surface area contributed by atoms with E-state index in [9.17, 15) is 4.79 Å². The van der Waals surface area contributed by atoms with Crippen LogP contribution in [0.25, 0.3) is 0 Å². The smallest absolute Gasteiger partial charge is 0.271 e. The van der Waals surface area contributed by atoms with Crippen molar-refractivity contribution in [3.05, 3.63) is 17.8 Å². The van der Waals surface area contributed by atoms with E-state index in [1.165, 1.54) is 25.7 Å². The highest BCUT2D eigenvalue weighted by Gasteiger charge is 2.15. The van der Waals surface area contributed by atoms with Crippen LogP contribution in [0.4, 0.5) is 5.82 Å². The molecular weight excluding hydrogens is 240 g/mol. The first-order valence-corrected chi connectivity index (χ1v) is 7.03. The molecular formula is C14H22N4O. The van der Waals surface area contributed by atoms with E-state index in [0.29, 0.717) is 24.2 Å². The van der Waals surface area contributed by atoms with Crippen LogP contribution < -0.4 is 10.6 Å². The monoisotopic (exact) mass is 262 g/mol. The summed E-state index contributed by atoms with van der Waals surface area (Å²) >= 11 is 0. The fraction of sp³-hybridized carbons (Fsp3) is 0.643.